The van der Waals surface area contributed by atoms with E-state index >= 15 is 0 Å². The molecule has 0 bridgehead atoms. The van der Waals surface area contributed by atoms with E-state index in [1.807, 2.05) is 17.0 Å². The van der Waals surface area contributed by atoms with Crippen LogP contribution in [0, 0.1) is 0 Å². The van der Waals surface area contributed by atoms with Crippen molar-refractivity contribution in [1.29, 1.82) is 0 Å². The molecule has 4 rings (SSSR count). The van der Waals surface area contributed by atoms with E-state index in [0.29, 0.717) is 36.0 Å². The molecule has 0 radical (unpaired) electrons. The molecular formula is C18H17N3O3. The molecule has 1 aromatic heterocycles. The Morgan fingerprint density at radius 2 is 1.96 bits per heavy atom. The Hall–Kier alpha value is -2.89. The minimum atomic E-state index is -0.117. The van der Waals surface area contributed by atoms with Crippen LogP contribution in [0.25, 0.3) is 0 Å². The lowest BCUT2D eigenvalue weighted by Gasteiger charge is -2.39. The van der Waals surface area contributed by atoms with E-state index in [0.717, 1.165) is 0 Å². The Morgan fingerprint density at radius 1 is 1.21 bits per heavy atom. The predicted molar refractivity (Wildman–Crippen MR) is 88.2 cm³/mol. The second kappa shape index (κ2) is 5.63. The van der Waals surface area contributed by atoms with Gasteiger partial charge in [-0.15, -0.1) is 0 Å². The number of pyridine rings is 1. The van der Waals surface area contributed by atoms with Crippen molar-refractivity contribution in [3.63, 3.8) is 0 Å². The summed E-state index contributed by atoms with van der Waals surface area (Å²) in [6, 6.07) is 9.22. The van der Waals surface area contributed by atoms with E-state index < -0.39 is 0 Å². The average molecular weight is 323 g/mol. The smallest absolute Gasteiger partial charge is 0.264 e. The van der Waals surface area contributed by atoms with Gasteiger partial charge in [-0.3, -0.25) is 14.6 Å². The third kappa shape index (κ3) is 2.40. The first-order chi connectivity index (χ1) is 11.6. The molecule has 3 heterocycles. The summed E-state index contributed by atoms with van der Waals surface area (Å²) < 4.78 is 5.39. The number of likely N-dealkylation sites (tertiary alicyclic amines) is 1. The van der Waals surface area contributed by atoms with E-state index in [2.05, 4.69) is 4.98 Å². The molecule has 0 aliphatic carbocycles. The van der Waals surface area contributed by atoms with Crippen LogP contribution in [0.4, 0.5) is 5.69 Å². The summed E-state index contributed by atoms with van der Waals surface area (Å²) in [6.07, 6.45) is 3.55. The summed E-state index contributed by atoms with van der Waals surface area (Å²) in [6.45, 7) is 1.44. The lowest BCUT2D eigenvalue weighted by Crippen LogP contribution is -2.48. The number of ether oxygens (including phenoxy) is 1. The van der Waals surface area contributed by atoms with Crippen molar-refractivity contribution in [3.8, 4) is 5.75 Å². The number of anilines is 1. The van der Waals surface area contributed by atoms with Gasteiger partial charge in [0, 0.05) is 44.0 Å². The number of likely N-dealkylation sites (N-methyl/N-ethyl adjacent to an activating group) is 1. The van der Waals surface area contributed by atoms with Crippen LogP contribution in [-0.2, 0) is 4.79 Å². The first-order valence-corrected chi connectivity index (χ1v) is 7.86. The molecule has 0 saturated carbocycles. The largest absolute Gasteiger partial charge is 0.482 e. The molecule has 0 spiro atoms. The van der Waals surface area contributed by atoms with Crippen LogP contribution in [-0.4, -0.2) is 48.4 Å². The van der Waals surface area contributed by atoms with Gasteiger partial charge < -0.3 is 14.5 Å². The number of carbonyl (C=O) groups excluding carboxylic acids is 2. The van der Waals surface area contributed by atoms with E-state index in [9.17, 15) is 9.59 Å². The highest BCUT2D eigenvalue weighted by Gasteiger charge is 2.33. The molecule has 2 aliphatic rings. The summed E-state index contributed by atoms with van der Waals surface area (Å²) in [4.78, 5) is 31.8. The highest BCUT2D eigenvalue weighted by molar-refractivity contribution is 6.01. The molecule has 6 nitrogen and oxygen atoms in total. The number of benzene rings is 1. The standard InChI is InChI=1S/C18H17N3O3/c1-20-15-8-13(2-3-16(15)24-11-17(20)22)18(23)21-9-14(10-21)12-4-6-19-7-5-12/h2-8,14H,9-11H2,1H3. The minimum Gasteiger partial charge on any atom is -0.482 e. The molecule has 1 fully saturated rings. The SMILES string of the molecule is CN1C(=O)COc2ccc(C(=O)N3CC(c4ccncc4)C3)cc21. The first kappa shape index (κ1) is 14.7. The quantitative estimate of drug-likeness (QED) is 0.843. The van der Waals surface area contributed by atoms with E-state index in [-0.39, 0.29) is 18.4 Å². The van der Waals surface area contributed by atoms with Gasteiger partial charge in [-0.2, -0.15) is 0 Å². The van der Waals surface area contributed by atoms with Crippen molar-refractivity contribution >= 4 is 17.5 Å². The maximum atomic E-state index is 12.6. The molecule has 0 atom stereocenters. The van der Waals surface area contributed by atoms with E-state index in [1.54, 1.807) is 37.6 Å². The first-order valence-electron chi connectivity index (χ1n) is 7.86. The zero-order chi connectivity index (χ0) is 16.7. The van der Waals surface area contributed by atoms with E-state index in [4.69, 9.17) is 4.74 Å². The lowest BCUT2D eigenvalue weighted by atomic mass is 9.91. The van der Waals surface area contributed by atoms with Crippen LogP contribution >= 0.6 is 0 Å². The number of hydrogen-bond acceptors (Lipinski definition) is 4. The van der Waals surface area contributed by atoms with E-state index in [1.165, 1.54) is 10.5 Å². The topological polar surface area (TPSA) is 62.7 Å². The second-order valence-corrected chi connectivity index (χ2v) is 6.11. The van der Waals surface area contributed by atoms with Gasteiger partial charge in [0.1, 0.15) is 5.75 Å². The Morgan fingerprint density at radius 3 is 2.71 bits per heavy atom. The predicted octanol–water partition coefficient (Wildman–Crippen LogP) is 1.68. The van der Waals surface area contributed by atoms with Crippen LogP contribution in [0.2, 0.25) is 0 Å². The van der Waals surface area contributed by atoms with Crippen molar-refractivity contribution in [2.45, 2.75) is 5.92 Å². The van der Waals surface area contributed by atoms with Crippen LogP contribution in [0.1, 0.15) is 21.8 Å². The van der Waals surface area contributed by atoms with Crippen molar-refractivity contribution in [1.82, 2.24) is 9.88 Å². The third-order valence-electron chi connectivity index (χ3n) is 4.64. The van der Waals surface area contributed by atoms with Gasteiger partial charge in [0.25, 0.3) is 11.8 Å². The number of nitrogens with zero attached hydrogens (tertiary/aromatic N) is 3. The number of amides is 2. The zero-order valence-electron chi connectivity index (χ0n) is 13.3. The molecule has 2 aromatic rings. The molecule has 1 aromatic carbocycles. The fraction of sp³-hybridized carbons (Fsp3) is 0.278. The second-order valence-electron chi connectivity index (χ2n) is 6.11. The van der Waals surface area contributed by atoms with Gasteiger partial charge in [-0.1, -0.05) is 0 Å². The van der Waals surface area contributed by atoms with Crippen molar-refractivity contribution < 1.29 is 14.3 Å². The minimum absolute atomic E-state index is 0.0190. The van der Waals surface area contributed by atoms with Crippen molar-refractivity contribution in [3.05, 3.63) is 53.9 Å². The highest BCUT2D eigenvalue weighted by atomic mass is 16.5. The van der Waals surface area contributed by atoms with Crippen molar-refractivity contribution in [2.75, 3.05) is 31.6 Å². The van der Waals surface area contributed by atoms with Gasteiger partial charge >= 0.3 is 0 Å². The number of aromatic nitrogens is 1. The highest BCUT2D eigenvalue weighted by Crippen LogP contribution is 2.34. The molecule has 2 amide bonds. The maximum Gasteiger partial charge on any atom is 0.264 e. The number of fused-ring (bicyclic) bond motifs is 1. The Kier molecular flexibility index (Phi) is 3.45. The molecule has 0 N–H and O–H groups in total. The lowest BCUT2D eigenvalue weighted by molar-refractivity contribution is -0.120. The maximum absolute atomic E-state index is 12.6. The fourth-order valence-electron chi connectivity index (χ4n) is 3.08. The molecule has 122 valence electrons. The van der Waals surface area contributed by atoms with Gasteiger partial charge in [0.05, 0.1) is 5.69 Å². The monoisotopic (exact) mass is 323 g/mol. The summed E-state index contributed by atoms with van der Waals surface area (Å²) in [5, 5.41) is 0. The van der Waals surface area contributed by atoms with Gasteiger partial charge in [0.15, 0.2) is 6.61 Å². The zero-order valence-corrected chi connectivity index (χ0v) is 13.3. The Labute approximate surface area is 139 Å². The van der Waals surface area contributed by atoms with Crippen LogP contribution < -0.4 is 9.64 Å². The molecule has 6 heteroatoms. The number of hydrogen-bond donors (Lipinski definition) is 0. The van der Waals surface area contributed by atoms with Gasteiger partial charge in [-0.25, -0.2) is 0 Å². The molecule has 24 heavy (non-hydrogen) atoms. The Balaban J connectivity index is 1.49. The van der Waals surface area contributed by atoms with Crippen LogP contribution in [0.5, 0.6) is 5.75 Å². The molecular weight excluding hydrogens is 306 g/mol. The summed E-state index contributed by atoms with van der Waals surface area (Å²) in [5.74, 6) is 0.859. The average Bonchev–Trinajstić information content (AvgIpc) is 2.57. The van der Waals surface area contributed by atoms with Crippen molar-refractivity contribution in [2.24, 2.45) is 0 Å². The van der Waals surface area contributed by atoms with Crippen LogP contribution in [0.3, 0.4) is 0 Å². The molecule has 2 aliphatic heterocycles. The Bertz CT molecular complexity index is 800. The third-order valence-corrected chi connectivity index (χ3v) is 4.64. The normalized spacial score (nSPS) is 17.1. The summed E-state index contributed by atoms with van der Waals surface area (Å²) in [7, 11) is 1.70. The molecule has 1 saturated heterocycles. The number of rotatable bonds is 2. The molecule has 0 unspecified atom stereocenters. The fourth-order valence-corrected chi connectivity index (χ4v) is 3.08. The van der Waals surface area contributed by atoms with Gasteiger partial charge in [0.2, 0.25) is 0 Å². The number of carbonyl (C=O) groups is 2. The summed E-state index contributed by atoms with van der Waals surface area (Å²) in [5.41, 5.74) is 2.42. The van der Waals surface area contributed by atoms with Gasteiger partial charge in [-0.05, 0) is 35.9 Å². The summed E-state index contributed by atoms with van der Waals surface area (Å²) >= 11 is 0. The van der Waals surface area contributed by atoms with Crippen LogP contribution in [0.15, 0.2) is 42.7 Å².